The average molecular weight is 275 g/mol. The number of nitrogens with one attached hydrogen (secondary N) is 2. The van der Waals surface area contributed by atoms with Crippen molar-refractivity contribution in [2.45, 2.75) is 45.1 Å². The highest BCUT2D eigenvalue weighted by atomic mass is 16.2. The van der Waals surface area contributed by atoms with Gasteiger partial charge in [-0.3, -0.25) is 10.2 Å². The first-order valence-electron chi connectivity index (χ1n) is 7.64. The second-order valence-electron chi connectivity index (χ2n) is 5.39. The molecule has 0 bridgehead atoms. The minimum atomic E-state index is 0.0388. The molecule has 0 spiro atoms. The quantitative estimate of drug-likeness (QED) is 0.839. The zero-order chi connectivity index (χ0) is 14.2. The van der Waals surface area contributed by atoms with Gasteiger partial charge < -0.3 is 5.32 Å². The van der Waals surface area contributed by atoms with Crippen LogP contribution in [-0.4, -0.2) is 30.0 Å². The molecule has 1 saturated heterocycles. The Morgan fingerprint density at radius 3 is 2.85 bits per heavy atom. The molecule has 0 aliphatic carbocycles. The van der Waals surface area contributed by atoms with Crippen LogP contribution in [0.5, 0.6) is 0 Å². The average Bonchev–Trinajstić information content (AvgIpc) is 2.49. The summed E-state index contributed by atoms with van der Waals surface area (Å²) in [6.45, 7) is 3.49. The summed E-state index contributed by atoms with van der Waals surface area (Å²) < 4.78 is 0. The van der Waals surface area contributed by atoms with Gasteiger partial charge >= 0.3 is 0 Å². The fraction of sp³-hybridized carbons (Fsp3) is 0.562. The zero-order valence-electron chi connectivity index (χ0n) is 12.3. The molecule has 0 aromatic heterocycles. The van der Waals surface area contributed by atoms with Crippen molar-refractivity contribution in [3.05, 3.63) is 30.3 Å². The van der Waals surface area contributed by atoms with Gasteiger partial charge in [0.15, 0.2) is 0 Å². The van der Waals surface area contributed by atoms with Crippen LogP contribution >= 0.6 is 0 Å². The molecule has 1 heterocycles. The smallest absolute Gasteiger partial charge is 0.253 e. The van der Waals surface area contributed by atoms with E-state index in [1.54, 1.807) is 0 Å². The Hall–Kier alpha value is -1.55. The number of anilines is 1. The second kappa shape index (κ2) is 7.90. The largest absolute Gasteiger partial charge is 0.376 e. The lowest BCUT2D eigenvalue weighted by atomic mass is 10.0. The van der Waals surface area contributed by atoms with Gasteiger partial charge in [0.25, 0.3) is 5.91 Å². The fourth-order valence-corrected chi connectivity index (χ4v) is 2.72. The van der Waals surface area contributed by atoms with Crippen LogP contribution in [0, 0.1) is 0 Å². The fourth-order valence-electron chi connectivity index (χ4n) is 2.72. The lowest BCUT2D eigenvalue weighted by Gasteiger charge is -2.35. The molecule has 20 heavy (non-hydrogen) atoms. The minimum absolute atomic E-state index is 0.0388. The van der Waals surface area contributed by atoms with Crippen LogP contribution in [0.4, 0.5) is 5.69 Å². The Morgan fingerprint density at radius 2 is 2.10 bits per heavy atom. The topological polar surface area (TPSA) is 44.4 Å². The standard InChI is InChI=1S/C16H25N3O/c1-2-8-15-11-6-7-12-19(15)18-16(20)13-17-14-9-4-3-5-10-14/h3-5,9-10,15,17H,2,6-8,11-13H2,1H3,(H,18,20)/t15-/m1/s1. The molecule has 2 N–H and O–H groups in total. The van der Waals surface area contributed by atoms with Gasteiger partial charge in [0.05, 0.1) is 6.54 Å². The van der Waals surface area contributed by atoms with E-state index in [-0.39, 0.29) is 5.91 Å². The van der Waals surface area contributed by atoms with Crippen LogP contribution in [0.3, 0.4) is 0 Å². The molecule has 1 aromatic rings. The third-order valence-electron chi connectivity index (χ3n) is 3.74. The highest BCUT2D eigenvalue weighted by Gasteiger charge is 2.22. The van der Waals surface area contributed by atoms with E-state index in [9.17, 15) is 4.79 Å². The van der Waals surface area contributed by atoms with Crippen molar-refractivity contribution in [2.24, 2.45) is 0 Å². The summed E-state index contributed by atoms with van der Waals surface area (Å²) >= 11 is 0. The van der Waals surface area contributed by atoms with E-state index < -0.39 is 0 Å². The number of rotatable bonds is 6. The van der Waals surface area contributed by atoms with Crippen LogP contribution in [0.2, 0.25) is 0 Å². The lowest BCUT2D eigenvalue weighted by molar-refractivity contribution is -0.126. The molecule has 2 rings (SSSR count). The van der Waals surface area contributed by atoms with E-state index in [0.29, 0.717) is 12.6 Å². The molecule has 0 unspecified atom stereocenters. The summed E-state index contributed by atoms with van der Waals surface area (Å²) in [4.78, 5) is 12.0. The highest BCUT2D eigenvalue weighted by Crippen LogP contribution is 2.18. The monoisotopic (exact) mass is 275 g/mol. The van der Waals surface area contributed by atoms with Gasteiger partial charge in [0, 0.05) is 18.3 Å². The van der Waals surface area contributed by atoms with Gasteiger partial charge in [-0.1, -0.05) is 38.0 Å². The highest BCUT2D eigenvalue weighted by molar-refractivity contribution is 5.80. The minimum Gasteiger partial charge on any atom is -0.376 e. The lowest BCUT2D eigenvalue weighted by Crippen LogP contribution is -2.52. The van der Waals surface area contributed by atoms with Crippen molar-refractivity contribution in [1.82, 2.24) is 10.4 Å². The van der Waals surface area contributed by atoms with E-state index in [1.165, 1.54) is 25.7 Å². The van der Waals surface area contributed by atoms with Gasteiger partial charge in [0.2, 0.25) is 0 Å². The summed E-state index contributed by atoms with van der Waals surface area (Å²) in [7, 11) is 0. The number of carbonyl (C=O) groups is 1. The summed E-state index contributed by atoms with van der Waals surface area (Å²) in [5.74, 6) is 0.0388. The molecular weight excluding hydrogens is 250 g/mol. The van der Waals surface area contributed by atoms with Crippen LogP contribution in [0.1, 0.15) is 39.0 Å². The number of piperidine rings is 1. The van der Waals surface area contributed by atoms with Crippen molar-refractivity contribution in [1.29, 1.82) is 0 Å². The van der Waals surface area contributed by atoms with E-state index in [2.05, 4.69) is 22.7 Å². The molecular formula is C16H25N3O. The maximum absolute atomic E-state index is 12.0. The number of amides is 1. The van der Waals surface area contributed by atoms with Gasteiger partial charge in [-0.2, -0.15) is 0 Å². The van der Waals surface area contributed by atoms with Crippen LogP contribution in [0.15, 0.2) is 30.3 Å². The predicted molar refractivity (Wildman–Crippen MR) is 82.3 cm³/mol. The zero-order valence-corrected chi connectivity index (χ0v) is 12.3. The molecule has 1 fully saturated rings. The Morgan fingerprint density at radius 1 is 1.30 bits per heavy atom. The summed E-state index contributed by atoms with van der Waals surface area (Å²) in [5.41, 5.74) is 4.03. The first kappa shape index (κ1) is 14.9. The Bertz CT molecular complexity index is 405. The Labute approximate surface area is 121 Å². The van der Waals surface area contributed by atoms with E-state index >= 15 is 0 Å². The molecule has 1 aliphatic rings. The Balaban J connectivity index is 1.78. The third kappa shape index (κ3) is 4.53. The second-order valence-corrected chi connectivity index (χ2v) is 5.39. The summed E-state index contributed by atoms with van der Waals surface area (Å²) in [6, 6.07) is 10.3. The van der Waals surface area contributed by atoms with Crippen molar-refractivity contribution >= 4 is 11.6 Å². The third-order valence-corrected chi connectivity index (χ3v) is 3.74. The van der Waals surface area contributed by atoms with Crippen molar-refractivity contribution in [3.8, 4) is 0 Å². The van der Waals surface area contributed by atoms with Gasteiger partial charge in [0.1, 0.15) is 0 Å². The number of hydrogen-bond acceptors (Lipinski definition) is 3. The molecule has 1 aromatic carbocycles. The number of para-hydroxylation sites is 1. The maximum atomic E-state index is 12.0. The molecule has 0 radical (unpaired) electrons. The van der Waals surface area contributed by atoms with Crippen molar-refractivity contribution < 1.29 is 4.79 Å². The first-order valence-corrected chi connectivity index (χ1v) is 7.64. The first-order chi connectivity index (χ1) is 9.79. The molecule has 1 atom stereocenters. The number of carbonyl (C=O) groups excluding carboxylic acids is 1. The van der Waals surface area contributed by atoms with Crippen LogP contribution < -0.4 is 10.7 Å². The predicted octanol–water partition coefficient (Wildman–Crippen LogP) is 2.78. The summed E-state index contributed by atoms with van der Waals surface area (Å²) in [6.07, 6.45) is 5.97. The van der Waals surface area contributed by atoms with Crippen molar-refractivity contribution in [2.75, 3.05) is 18.4 Å². The van der Waals surface area contributed by atoms with Gasteiger partial charge in [-0.15, -0.1) is 0 Å². The molecule has 110 valence electrons. The van der Waals surface area contributed by atoms with E-state index in [4.69, 9.17) is 0 Å². The van der Waals surface area contributed by atoms with Crippen molar-refractivity contribution in [3.63, 3.8) is 0 Å². The molecule has 1 aliphatic heterocycles. The maximum Gasteiger partial charge on any atom is 0.253 e. The molecule has 4 heteroatoms. The van der Waals surface area contributed by atoms with Gasteiger partial charge in [-0.25, -0.2) is 5.01 Å². The van der Waals surface area contributed by atoms with Gasteiger partial charge in [-0.05, 0) is 31.4 Å². The van der Waals surface area contributed by atoms with Crippen LogP contribution in [-0.2, 0) is 4.79 Å². The SMILES string of the molecule is CCC[C@@H]1CCCCN1NC(=O)CNc1ccccc1. The Kier molecular flexibility index (Phi) is 5.87. The molecule has 0 saturated carbocycles. The normalized spacial score (nSPS) is 19.6. The van der Waals surface area contributed by atoms with E-state index in [1.807, 2.05) is 30.3 Å². The number of hydrazine groups is 1. The molecule has 4 nitrogen and oxygen atoms in total. The number of nitrogens with zero attached hydrogens (tertiary/aromatic N) is 1. The number of benzene rings is 1. The van der Waals surface area contributed by atoms with E-state index in [0.717, 1.165) is 18.7 Å². The number of hydrogen-bond donors (Lipinski definition) is 2. The van der Waals surface area contributed by atoms with Crippen LogP contribution in [0.25, 0.3) is 0 Å². The molecule has 1 amide bonds. The summed E-state index contributed by atoms with van der Waals surface area (Å²) in [5, 5.41) is 5.28.